The second-order valence-electron chi connectivity index (χ2n) is 7.12. The van der Waals surface area contributed by atoms with E-state index in [9.17, 15) is 14.4 Å². The largest absolute Gasteiger partial charge is 0.477 e. The van der Waals surface area contributed by atoms with E-state index in [1.54, 1.807) is 24.3 Å². The molecule has 27 heavy (non-hydrogen) atoms. The number of aromatic carboxylic acids is 1. The van der Waals surface area contributed by atoms with Crippen LogP contribution in [0.4, 0.5) is 5.69 Å². The van der Waals surface area contributed by atoms with E-state index in [0.29, 0.717) is 36.2 Å². The summed E-state index contributed by atoms with van der Waals surface area (Å²) in [7, 11) is 0. The number of para-hydroxylation sites is 1. The predicted octanol–water partition coefficient (Wildman–Crippen LogP) is 3.82. The molecule has 2 atom stereocenters. The Labute approximate surface area is 161 Å². The summed E-state index contributed by atoms with van der Waals surface area (Å²) in [4.78, 5) is 38.7. The van der Waals surface area contributed by atoms with Gasteiger partial charge in [0.2, 0.25) is 0 Å². The molecule has 1 aliphatic rings. The van der Waals surface area contributed by atoms with Crippen LogP contribution in [0.5, 0.6) is 0 Å². The number of likely N-dealkylation sites (tertiary alicyclic amines) is 1. The minimum atomic E-state index is -1.07. The Morgan fingerprint density at radius 2 is 1.67 bits per heavy atom. The smallest absolute Gasteiger partial charge is 0.345 e. The summed E-state index contributed by atoms with van der Waals surface area (Å²) in [5, 5.41) is 11.8. The quantitative estimate of drug-likeness (QED) is 0.836. The van der Waals surface area contributed by atoms with Gasteiger partial charge in [-0.3, -0.25) is 9.59 Å². The number of benzene rings is 1. The molecule has 2 aromatic rings. The van der Waals surface area contributed by atoms with E-state index in [1.807, 2.05) is 4.90 Å². The molecule has 0 spiro atoms. The normalized spacial score (nSPS) is 19.6. The molecule has 0 aliphatic carbocycles. The molecule has 142 valence electrons. The first-order valence-electron chi connectivity index (χ1n) is 8.88. The second-order valence-corrected chi connectivity index (χ2v) is 8.21. The van der Waals surface area contributed by atoms with Gasteiger partial charge in [-0.15, -0.1) is 11.3 Å². The van der Waals surface area contributed by atoms with Gasteiger partial charge >= 0.3 is 5.97 Å². The van der Waals surface area contributed by atoms with Crippen LogP contribution in [0, 0.1) is 11.8 Å². The zero-order chi connectivity index (χ0) is 19.6. The Morgan fingerprint density at radius 3 is 2.30 bits per heavy atom. The first-order valence-corrected chi connectivity index (χ1v) is 9.69. The number of carbonyl (C=O) groups is 3. The lowest BCUT2D eigenvalue weighted by Crippen LogP contribution is -2.42. The Balaban J connectivity index is 1.80. The second kappa shape index (κ2) is 7.92. The van der Waals surface area contributed by atoms with Gasteiger partial charge in [-0.25, -0.2) is 4.79 Å². The van der Waals surface area contributed by atoms with Crippen LogP contribution in [0.2, 0.25) is 0 Å². The van der Waals surface area contributed by atoms with Crippen LogP contribution in [0.15, 0.2) is 36.4 Å². The van der Waals surface area contributed by atoms with Crippen molar-refractivity contribution in [2.45, 2.75) is 20.3 Å². The van der Waals surface area contributed by atoms with Crippen molar-refractivity contribution in [3.8, 4) is 0 Å². The number of hydrogen-bond acceptors (Lipinski definition) is 4. The molecule has 2 amide bonds. The maximum Gasteiger partial charge on any atom is 0.345 e. The van der Waals surface area contributed by atoms with Gasteiger partial charge in [0.1, 0.15) is 4.88 Å². The number of piperidine rings is 1. The fourth-order valence-corrected chi connectivity index (χ4v) is 4.28. The van der Waals surface area contributed by atoms with Gasteiger partial charge in [0, 0.05) is 13.1 Å². The Kier molecular flexibility index (Phi) is 5.60. The van der Waals surface area contributed by atoms with Gasteiger partial charge in [-0.05, 0) is 42.5 Å². The predicted molar refractivity (Wildman–Crippen MR) is 105 cm³/mol. The lowest BCUT2D eigenvalue weighted by Gasteiger charge is -2.35. The number of rotatable bonds is 4. The molecule has 1 aromatic carbocycles. The van der Waals surface area contributed by atoms with E-state index in [4.69, 9.17) is 5.11 Å². The van der Waals surface area contributed by atoms with Crippen molar-refractivity contribution in [2.24, 2.45) is 11.8 Å². The minimum Gasteiger partial charge on any atom is -0.477 e. The van der Waals surface area contributed by atoms with Crippen molar-refractivity contribution in [3.05, 3.63) is 51.7 Å². The van der Waals surface area contributed by atoms with Crippen molar-refractivity contribution in [3.63, 3.8) is 0 Å². The highest BCUT2D eigenvalue weighted by atomic mass is 32.1. The van der Waals surface area contributed by atoms with Crippen molar-refractivity contribution >= 4 is 34.8 Å². The first kappa shape index (κ1) is 19.1. The van der Waals surface area contributed by atoms with Gasteiger partial charge in [0.05, 0.1) is 16.1 Å². The van der Waals surface area contributed by atoms with E-state index < -0.39 is 11.9 Å². The van der Waals surface area contributed by atoms with Crippen molar-refractivity contribution in [1.82, 2.24) is 4.90 Å². The topological polar surface area (TPSA) is 86.7 Å². The zero-order valence-electron chi connectivity index (χ0n) is 15.3. The maximum absolute atomic E-state index is 13.0. The van der Waals surface area contributed by atoms with Crippen LogP contribution in [-0.4, -0.2) is 40.9 Å². The van der Waals surface area contributed by atoms with Crippen LogP contribution in [0.25, 0.3) is 0 Å². The summed E-state index contributed by atoms with van der Waals surface area (Å²) in [6.45, 7) is 5.69. The Bertz CT molecular complexity index is 866. The molecule has 1 aromatic heterocycles. The van der Waals surface area contributed by atoms with Crippen molar-refractivity contribution < 1.29 is 19.5 Å². The van der Waals surface area contributed by atoms with Crippen LogP contribution in [0.1, 0.15) is 50.0 Å². The molecule has 0 bridgehead atoms. The molecule has 0 saturated carbocycles. The molecule has 0 radical (unpaired) electrons. The van der Waals surface area contributed by atoms with E-state index >= 15 is 0 Å². The number of anilines is 1. The standard InChI is InChI=1S/C20H22N2O4S/c1-12-9-13(2)11-22(10-12)19(24)14-5-3-4-6-15(14)21-18(23)16-7-8-17(27-16)20(25)26/h3-8,12-13H,9-11H2,1-2H3,(H,21,23)(H,25,26). The third kappa shape index (κ3) is 4.36. The third-order valence-electron chi connectivity index (χ3n) is 4.60. The highest BCUT2D eigenvalue weighted by molar-refractivity contribution is 7.16. The molecular weight excluding hydrogens is 364 g/mol. The molecule has 1 fully saturated rings. The summed E-state index contributed by atoms with van der Waals surface area (Å²) < 4.78 is 0. The third-order valence-corrected chi connectivity index (χ3v) is 5.67. The summed E-state index contributed by atoms with van der Waals surface area (Å²) in [6, 6.07) is 9.79. The molecule has 2 N–H and O–H groups in total. The molecule has 6 nitrogen and oxygen atoms in total. The molecule has 7 heteroatoms. The van der Waals surface area contributed by atoms with Gasteiger partial charge in [-0.1, -0.05) is 26.0 Å². The van der Waals surface area contributed by atoms with Crippen LogP contribution in [0.3, 0.4) is 0 Å². The number of carboxylic acids is 1. The van der Waals surface area contributed by atoms with Crippen molar-refractivity contribution in [2.75, 3.05) is 18.4 Å². The summed E-state index contributed by atoms with van der Waals surface area (Å²) in [5.41, 5.74) is 0.880. The number of thiophene rings is 1. The average Bonchev–Trinajstić information content (AvgIpc) is 3.11. The summed E-state index contributed by atoms with van der Waals surface area (Å²) in [5.74, 6) is -0.696. The fraction of sp³-hybridized carbons (Fsp3) is 0.350. The SMILES string of the molecule is CC1CC(C)CN(C(=O)c2ccccc2NC(=O)c2ccc(C(=O)O)s2)C1. The van der Waals surface area contributed by atoms with Gasteiger partial charge in [0.15, 0.2) is 0 Å². The monoisotopic (exact) mass is 386 g/mol. The van der Waals surface area contributed by atoms with E-state index in [1.165, 1.54) is 12.1 Å². The summed E-state index contributed by atoms with van der Waals surface area (Å²) >= 11 is 0.904. The van der Waals surface area contributed by atoms with Crippen LogP contribution >= 0.6 is 11.3 Å². The first-order chi connectivity index (χ1) is 12.8. The highest BCUT2D eigenvalue weighted by Gasteiger charge is 2.27. The molecular formula is C20H22N2O4S. The molecule has 2 heterocycles. The average molecular weight is 386 g/mol. The number of nitrogens with one attached hydrogen (secondary N) is 1. The van der Waals surface area contributed by atoms with Gasteiger partial charge in [-0.2, -0.15) is 0 Å². The minimum absolute atomic E-state index is 0.0956. The number of carboxylic acid groups (broad SMARTS) is 1. The number of carbonyl (C=O) groups excluding carboxylic acids is 2. The Hall–Kier alpha value is -2.67. The number of hydrogen-bond donors (Lipinski definition) is 2. The van der Waals surface area contributed by atoms with Crippen molar-refractivity contribution in [1.29, 1.82) is 0 Å². The van der Waals surface area contributed by atoms with E-state index in [-0.39, 0.29) is 15.7 Å². The molecule has 1 aliphatic heterocycles. The summed E-state index contributed by atoms with van der Waals surface area (Å²) in [6.07, 6.45) is 1.10. The van der Waals surface area contributed by atoms with E-state index in [0.717, 1.165) is 17.8 Å². The lowest BCUT2D eigenvalue weighted by atomic mass is 9.91. The van der Waals surface area contributed by atoms with Crippen LogP contribution in [-0.2, 0) is 0 Å². The molecule has 1 saturated heterocycles. The maximum atomic E-state index is 13.0. The van der Waals surface area contributed by atoms with Crippen LogP contribution < -0.4 is 5.32 Å². The molecule has 3 rings (SSSR count). The molecule has 2 unspecified atom stereocenters. The van der Waals surface area contributed by atoms with E-state index in [2.05, 4.69) is 19.2 Å². The highest BCUT2D eigenvalue weighted by Crippen LogP contribution is 2.26. The van der Waals surface area contributed by atoms with Gasteiger partial charge < -0.3 is 15.3 Å². The lowest BCUT2D eigenvalue weighted by molar-refractivity contribution is 0.0623. The fourth-order valence-electron chi connectivity index (χ4n) is 3.54. The Morgan fingerprint density at radius 1 is 1.04 bits per heavy atom. The number of nitrogens with zero attached hydrogens (tertiary/aromatic N) is 1. The zero-order valence-corrected chi connectivity index (χ0v) is 16.1. The number of amides is 2. The van der Waals surface area contributed by atoms with Gasteiger partial charge in [0.25, 0.3) is 11.8 Å².